The van der Waals surface area contributed by atoms with Gasteiger partial charge in [0, 0.05) is 16.2 Å². The predicted molar refractivity (Wildman–Crippen MR) is 354 cm³/mol. The Morgan fingerprint density at radius 3 is 0.613 bits per heavy atom. The molecular formula is C81H66O12. The van der Waals surface area contributed by atoms with Gasteiger partial charge in [0.05, 0.1) is 76.0 Å². The van der Waals surface area contributed by atoms with Gasteiger partial charge >= 0.3 is 35.8 Å². The lowest BCUT2D eigenvalue weighted by atomic mass is 9.62. The van der Waals surface area contributed by atoms with Gasteiger partial charge in [-0.05, 0) is 211 Å². The van der Waals surface area contributed by atoms with E-state index in [9.17, 15) is 28.8 Å². The highest BCUT2D eigenvalue weighted by molar-refractivity contribution is 6.06. The van der Waals surface area contributed by atoms with Crippen LogP contribution in [0.15, 0.2) is 218 Å². The molecule has 0 radical (unpaired) electrons. The molecule has 0 amide bonds. The number of rotatable bonds is 18. The van der Waals surface area contributed by atoms with Gasteiger partial charge in [0.2, 0.25) is 0 Å². The van der Waals surface area contributed by atoms with Gasteiger partial charge in [0.25, 0.3) is 0 Å². The second kappa shape index (κ2) is 24.7. The van der Waals surface area contributed by atoms with Crippen LogP contribution in [0.5, 0.6) is 0 Å². The molecule has 0 N–H and O–H groups in total. The molecule has 0 bridgehead atoms. The molecule has 0 spiro atoms. The molecule has 0 aromatic heterocycles. The molecule has 12 nitrogen and oxygen atoms in total. The van der Waals surface area contributed by atoms with Crippen LogP contribution in [0.1, 0.15) is 129 Å². The van der Waals surface area contributed by atoms with E-state index < -0.39 is 52.1 Å². The minimum Gasteiger partial charge on any atom is -0.465 e. The first kappa shape index (κ1) is 60.9. The van der Waals surface area contributed by atoms with Gasteiger partial charge in [-0.15, -0.1) is 0 Å². The van der Waals surface area contributed by atoms with Crippen LogP contribution in [0.4, 0.5) is 0 Å². The third-order valence-corrected chi connectivity index (χ3v) is 19.2. The summed E-state index contributed by atoms with van der Waals surface area (Å²) in [5, 5.41) is 0. The van der Waals surface area contributed by atoms with Gasteiger partial charge in [-0.3, -0.25) is 0 Å². The first-order chi connectivity index (χ1) is 45.2. The SMILES string of the molecule is COC(=O)c1cccc(CC2(Cc3cccc(C(=O)OC)c3)c3ccccc3-c3c2c2c(c4c3C(Cc3cccc(C(=O)OC)c3)(Cc3cccc(C(=O)OC)c3)c3ccccc3-4)C(Cc3cccc(C(=O)OC)c3)(Cc3cccc(C(=O)OC)c3)c3ccccc3-2)c1. The van der Waals surface area contributed by atoms with E-state index in [2.05, 4.69) is 109 Å². The fraction of sp³-hybridized carbons (Fsp3) is 0.185. The molecule has 0 saturated heterocycles. The molecule has 93 heavy (non-hydrogen) atoms. The van der Waals surface area contributed by atoms with Crippen LogP contribution in [0.2, 0.25) is 0 Å². The highest BCUT2D eigenvalue weighted by Crippen LogP contribution is 2.70. The Hall–Kier alpha value is -11.0. The van der Waals surface area contributed by atoms with Gasteiger partial charge in [-0.2, -0.15) is 0 Å². The summed E-state index contributed by atoms with van der Waals surface area (Å²) in [6.07, 6.45) is 2.06. The van der Waals surface area contributed by atoms with Crippen LogP contribution in [0.3, 0.4) is 0 Å². The maximum absolute atomic E-state index is 13.7. The van der Waals surface area contributed by atoms with Crippen molar-refractivity contribution in [3.05, 3.63) is 319 Å². The summed E-state index contributed by atoms with van der Waals surface area (Å²) in [5.74, 6) is -2.89. The van der Waals surface area contributed by atoms with Crippen molar-refractivity contribution < 1.29 is 57.2 Å². The number of methoxy groups -OCH3 is 6. The molecule has 13 rings (SSSR count). The summed E-state index contributed by atoms with van der Waals surface area (Å²) in [5.41, 5.74) is 16.4. The summed E-state index contributed by atoms with van der Waals surface area (Å²) >= 11 is 0. The summed E-state index contributed by atoms with van der Waals surface area (Å²) in [6, 6.07) is 71.5. The number of ether oxygens (including phenoxy) is 6. The second-order valence-corrected chi connectivity index (χ2v) is 24.3. The second-order valence-electron chi connectivity index (χ2n) is 24.3. The number of esters is 6. The topological polar surface area (TPSA) is 158 Å². The van der Waals surface area contributed by atoms with E-state index in [0.29, 0.717) is 71.9 Å². The molecule has 3 aliphatic carbocycles. The van der Waals surface area contributed by atoms with Crippen LogP contribution >= 0.6 is 0 Å². The van der Waals surface area contributed by atoms with Crippen molar-refractivity contribution in [2.75, 3.05) is 42.7 Å². The Bertz CT molecular complexity index is 4030. The minimum absolute atomic E-state index is 0.343. The number of carbonyl (C=O) groups excluding carboxylic acids is 6. The zero-order valence-electron chi connectivity index (χ0n) is 52.4. The first-order valence-electron chi connectivity index (χ1n) is 30.8. The largest absolute Gasteiger partial charge is 0.465 e. The van der Waals surface area contributed by atoms with Crippen molar-refractivity contribution in [3.8, 4) is 33.4 Å². The summed E-state index contributed by atoms with van der Waals surface area (Å²) in [6.45, 7) is 0. The quantitative estimate of drug-likeness (QED) is 0.0592. The van der Waals surface area contributed by atoms with Crippen LogP contribution in [0, 0.1) is 0 Å². The minimum atomic E-state index is -1.04. The van der Waals surface area contributed by atoms with E-state index in [1.165, 1.54) is 42.7 Å². The molecule has 0 heterocycles. The maximum Gasteiger partial charge on any atom is 0.337 e. The molecule has 12 heteroatoms. The zero-order valence-corrected chi connectivity index (χ0v) is 52.4. The van der Waals surface area contributed by atoms with Gasteiger partial charge in [-0.1, -0.05) is 146 Å². The van der Waals surface area contributed by atoms with Crippen molar-refractivity contribution in [2.24, 2.45) is 0 Å². The van der Waals surface area contributed by atoms with E-state index in [0.717, 1.165) is 100 Å². The van der Waals surface area contributed by atoms with E-state index in [1.807, 2.05) is 72.8 Å². The fourth-order valence-corrected chi connectivity index (χ4v) is 15.7. The highest BCUT2D eigenvalue weighted by atomic mass is 16.5. The van der Waals surface area contributed by atoms with Crippen LogP contribution in [-0.4, -0.2) is 78.5 Å². The molecule has 0 unspecified atom stereocenters. The Labute approximate surface area is 539 Å². The molecular weight excluding hydrogens is 1160 g/mol. The lowest BCUT2D eigenvalue weighted by Crippen LogP contribution is -2.36. The number of carbonyl (C=O) groups is 6. The smallest absolute Gasteiger partial charge is 0.337 e. The third-order valence-electron chi connectivity index (χ3n) is 19.2. The number of benzene rings is 10. The van der Waals surface area contributed by atoms with Gasteiger partial charge in [0.15, 0.2) is 0 Å². The van der Waals surface area contributed by atoms with Crippen molar-refractivity contribution in [1.29, 1.82) is 0 Å². The monoisotopic (exact) mass is 1230 g/mol. The van der Waals surface area contributed by atoms with Crippen LogP contribution < -0.4 is 0 Å². The van der Waals surface area contributed by atoms with E-state index in [4.69, 9.17) is 28.4 Å². The highest BCUT2D eigenvalue weighted by Gasteiger charge is 2.58. The van der Waals surface area contributed by atoms with Crippen LogP contribution in [-0.2, 0) is 83.2 Å². The maximum atomic E-state index is 13.7. The number of fused-ring (bicyclic) bond motifs is 12. The molecule has 0 atom stereocenters. The van der Waals surface area contributed by atoms with Crippen molar-refractivity contribution in [1.82, 2.24) is 0 Å². The third kappa shape index (κ3) is 10.5. The molecule has 0 fully saturated rings. The molecule has 10 aromatic carbocycles. The van der Waals surface area contributed by atoms with Crippen LogP contribution in [0.25, 0.3) is 33.4 Å². The molecule has 0 aliphatic heterocycles. The standard InChI is InChI=1S/C81H66O12/c1-88-73(82)55-25-13-19-49(37-55)43-79(44-50-20-14-26-56(38-50)74(83)89-2)64-34-10-7-31-61(64)67-70(79)68-62-32-8-11-35-65(62)80(45-51-21-15-27-57(39-51)75(84)90-3,46-52-22-16-28-58(40-52)76(85)91-4)72(68)69-63-33-9-12-36-66(63)81(71(67)69,47-53-23-17-29-59(41-53)77(86)92-5)48-54-24-18-30-60(42-54)78(87)93-6/h7-42H,43-48H2,1-6H3. The fourth-order valence-electron chi connectivity index (χ4n) is 15.7. The predicted octanol–water partition coefficient (Wildman–Crippen LogP) is 14.7. The van der Waals surface area contributed by atoms with E-state index in [-0.39, 0.29) is 0 Å². The number of hydrogen-bond acceptors (Lipinski definition) is 12. The summed E-state index contributed by atoms with van der Waals surface area (Å²) < 4.78 is 32.3. The van der Waals surface area contributed by atoms with Gasteiger partial charge < -0.3 is 28.4 Å². The van der Waals surface area contributed by atoms with Crippen molar-refractivity contribution >= 4 is 35.8 Å². The first-order valence-corrected chi connectivity index (χ1v) is 30.8. The molecule has 0 saturated carbocycles. The molecule has 10 aromatic rings. The Balaban J connectivity index is 1.26. The van der Waals surface area contributed by atoms with Gasteiger partial charge in [-0.25, -0.2) is 28.8 Å². The Morgan fingerprint density at radius 1 is 0.247 bits per heavy atom. The average molecular weight is 1230 g/mol. The summed E-state index contributed by atoms with van der Waals surface area (Å²) in [7, 11) is 8.26. The van der Waals surface area contributed by atoms with Gasteiger partial charge in [0.1, 0.15) is 0 Å². The van der Waals surface area contributed by atoms with E-state index >= 15 is 0 Å². The average Bonchev–Trinajstić information content (AvgIpc) is 1.48. The lowest BCUT2D eigenvalue weighted by molar-refractivity contribution is 0.0591. The Morgan fingerprint density at radius 2 is 0.430 bits per heavy atom. The molecule has 3 aliphatic rings. The lowest BCUT2D eigenvalue weighted by Gasteiger charge is -2.40. The zero-order chi connectivity index (χ0) is 64.8. The van der Waals surface area contributed by atoms with Crippen molar-refractivity contribution in [2.45, 2.75) is 54.8 Å². The van der Waals surface area contributed by atoms with Crippen molar-refractivity contribution in [3.63, 3.8) is 0 Å². The Kier molecular flexibility index (Phi) is 16.2. The summed E-state index contributed by atoms with van der Waals surface area (Å²) in [4.78, 5) is 82.2. The normalized spacial score (nSPS) is 13.6. The van der Waals surface area contributed by atoms with E-state index in [1.54, 1.807) is 36.4 Å². The molecule has 462 valence electrons. The number of hydrogen-bond donors (Lipinski definition) is 0.